The zero-order valence-corrected chi connectivity index (χ0v) is 18.7. The molecule has 0 bridgehead atoms. The molecule has 0 N–H and O–H groups in total. The maximum Gasteiger partial charge on any atom is 0.228 e. The summed E-state index contributed by atoms with van der Waals surface area (Å²) in [7, 11) is 3.10. The van der Waals surface area contributed by atoms with Crippen molar-refractivity contribution in [2.24, 2.45) is 0 Å². The van der Waals surface area contributed by atoms with Gasteiger partial charge in [0.2, 0.25) is 5.78 Å². The van der Waals surface area contributed by atoms with Gasteiger partial charge in [-0.2, -0.15) is 0 Å². The topological polar surface area (TPSA) is 48.6 Å². The van der Waals surface area contributed by atoms with Crippen LogP contribution in [0.5, 0.6) is 11.5 Å². The normalized spacial score (nSPS) is 13.8. The Morgan fingerprint density at radius 3 is 2.39 bits per heavy atom. The van der Waals surface area contributed by atoms with Gasteiger partial charge in [-0.15, -0.1) is 0 Å². The summed E-state index contributed by atoms with van der Waals surface area (Å²) in [6.07, 6.45) is 5.54. The molecule has 0 saturated heterocycles. The van der Waals surface area contributed by atoms with Crippen molar-refractivity contribution < 1.29 is 44.9 Å². The minimum atomic E-state index is -0.250. The van der Waals surface area contributed by atoms with Crippen LogP contribution in [0.3, 0.4) is 0 Å². The maximum absolute atomic E-state index is 13.0. The fraction of sp³-hybridized carbons (Fsp3) is 0.167. The number of rotatable bonds is 5. The Bertz CT molecular complexity index is 1110. The number of nitrogens with zero attached hydrogens (tertiary/aromatic N) is 1. The summed E-state index contributed by atoms with van der Waals surface area (Å²) in [5.41, 5.74) is 3.08. The van der Waals surface area contributed by atoms with E-state index in [0.717, 1.165) is 11.1 Å². The van der Waals surface area contributed by atoms with E-state index < -0.39 is 0 Å². The van der Waals surface area contributed by atoms with Gasteiger partial charge in [-0.3, -0.25) is 4.79 Å². The number of halogens is 2. The van der Waals surface area contributed by atoms with Gasteiger partial charge in [0.1, 0.15) is 12.4 Å². The Morgan fingerprint density at radius 2 is 1.74 bits per heavy atom. The van der Waals surface area contributed by atoms with Gasteiger partial charge in [0.15, 0.2) is 36.2 Å². The number of hydrogen-bond donors (Lipinski definition) is 0. The number of ketones is 1. The lowest BCUT2D eigenvalue weighted by Gasteiger charge is -2.22. The number of ether oxygens (including phenoxy) is 3. The van der Waals surface area contributed by atoms with E-state index in [0.29, 0.717) is 29.2 Å². The zero-order chi connectivity index (χ0) is 21.1. The smallest absolute Gasteiger partial charge is 0.228 e. The molecule has 3 aromatic rings. The van der Waals surface area contributed by atoms with Crippen LogP contribution in [0.1, 0.15) is 27.0 Å². The molecular formula is C24H21BrFNO4. The molecule has 0 unspecified atom stereocenters. The van der Waals surface area contributed by atoms with Gasteiger partial charge in [-0.25, -0.2) is 8.96 Å². The first-order chi connectivity index (χ1) is 14.6. The number of Topliss-reactive ketones (excluding diaryl/α,β-unsaturated/α-hetero) is 1. The van der Waals surface area contributed by atoms with Gasteiger partial charge in [0, 0.05) is 28.8 Å². The molecule has 1 aliphatic heterocycles. The van der Waals surface area contributed by atoms with Gasteiger partial charge in [-0.05, 0) is 48.0 Å². The predicted octanol–water partition coefficient (Wildman–Crippen LogP) is 0.937. The van der Waals surface area contributed by atoms with Crippen molar-refractivity contribution in [2.45, 2.75) is 13.2 Å². The van der Waals surface area contributed by atoms with Crippen molar-refractivity contribution in [2.75, 3.05) is 14.2 Å². The molecule has 0 fully saturated rings. The number of benzene rings is 2. The summed E-state index contributed by atoms with van der Waals surface area (Å²) >= 11 is 0. The molecular weight excluding hydrogens is 465 g/mol. The molecule has 0 amide bonds. The molecule has 2 heterocycles. The molecule has 4 rings (SSSR count). The van der Waals surface area contributed by atoms with E-state index in [1.54, 1.807) is 44.6 Å². The summed E-state index contributed by atoms with van der Waals surface area (Å²) in [5, 5.41) is 0. The number of fused-ring (bicyclic) bond motifs is 1. The Kier molecular flexibility index (Phi) is 7.07. The van der Waals surface area contributed by atoms with Gasteiger partial charge < -0.3 is 31.2 Å². The number of allylic oxidation sites excluding steroid dienone is 1. The molecule has 0 radical (unpaired) electrons. The second-order valence-electron chi connectivity index (χ2n) is 6.88. The molecule has 0 saturated carbocycles. The number of carbonyl (C=O) groups excluding carboxylic acids is 1. The van der Waals surface area contributed by atoms with Crippen LogP contribution in [0.25, 0.3) is 6.08 Å². The molecule has 0 aliphatic carbocycles. The van der Waals surface area contributed by atoms with Crippen LogP contribution < -0.4 is 31.0 Å². The zero-order valence-electron chi connectivity index (χ0n) is 17.1. The third-order valence-electron chi connectivity index (χ3n) is 4.98. The second kappa shape index (κ2) is 9.75. The molecule has 7 heteroatoms. The van der Waals surface area contributed by atoms with Crippen LogP contribution in [0.2, 0.25) is 0 Å². The Morgan fingerprint density at radius 1 is 1.03 bits per heavy atom. The lowest BCUT2D eigenvalue weighted by atomic mass is 9.98. The third kappa shape index (κ3) is 4.77. The molecule has 31 heavy (non-hydrogen) atoms. The summed E-state index contributed by atoms with van der Waals surface area (Å²) in [4.78, 5) is 12.9. The number of aromatic nitrogens is 1. The number of pyridine rings is 1. The summed E-state index contributed by atoms with van der Waals surface area (Å²) in [6.45, 7) is 0.853. The predicted molar refractivity (Wildman–Crippen MR) is 109 cm³/mol. The molecule has 0 atom stereocenters. The number of methoxy groups -OCH3 is 2. The highest BCUT2D eigenvalue weighted by Gasteiger charge is 2.28. The minimum Gasteiger partial charge on any atom is -1.00 e. The van der Waals surface area contributed by atoms with Crippen LogP contribution in [0.4, 0.5) is 4.39 Å². The van der Waals surface area contributed by atoms with E-state index in [9.17, 15) is 9.18 Å². The van der Waals surface area contributed by atoms with Crippen molar-refractivity contribution in [1.29, 1.82) is 0 Å². The SMILES string of the molecule is COc1ccc2c(c1OC)CO/C(=C\c1cc[n+](Cc3ccc(F)cc3)cc1)C2=O.[Br-]. The largest absolute Gasteiger partial charge is 1.00 e. The average molecular weight is 486 g/mol. The Labute approximate surface area is 190 Å². The van der Waals surface area contributed by atoms with Crippen molar-refractivity contribution in [3.8, 4) is 11.5 Å². The van der Waals surface area contributed by atoms with E-state index in [-0.39, 0.29) is 40.9 Å². The molecule has 2 aromatic carbocycles. The first-order valence-electron chi connectivity index (χ1n) is 9.45. The van der Waals surface area contributed by atoms with Gasteiger partial charge in [0.05, 0.1) is 14.2 Å². The van der Waals surface area contributed by atoms with Crippen LogP contribution in [0, 0.1) is 5.82 Å². The fourth-order valence-corrected chi connectivity index (χ4v) is 3.42. The van der Waals surface area contributed by atoms with Crippen molar-refractivity contribution in [3.05, 3.63) is 94.8 Å². The molecule has 160 valence electrons. The minimum absolute atomic E-state index is 0. The number of hydrogen-bond acceptors (Lipinski definition) is 4. The van der Waals surface area contributed by atoms with Crippen molar-refractivity contribution in [3.63, 3.8) is 0 Å². The summed E-state index contributed by atoms with van der Waals surface area (Å²) < 4.78 is 31.4. The lowest BCUT2D eigenvalue weighted by molar-refractivity contribution is -0.688. The summed E-state index contributed by atoms with van der Waals surface area (Å²) in [5.74, 6) is 0.921. The highest BCUT2D eigenvalue weighted by molar-refractivity contribution is 6.12. The standard InChI is InChI=1S/C24H21FNO4.BrH/c1-28-21-8-7-19-20(24(21)29-2)15-30-22(23(19)27)13-16-9-11-26(12-10-16)14-17-3-5-18(25)6-4-17;/h3-13H,14-15H2,1-2H3;1H/q+1;/p-1/b22-13-;. The van der Waals surface area contributed by atoms with E-state index >= 15 is 0 Å². The van der Waals surface area contributed by atoms with Crippen LogP contribution in [0.15, 0.2) is 66.7 Å². The van der Waals surface area contributed by atoms with Crippen LogP contribution >= 0.6 is 0 Å². The van der Waals surface area contributed by atoms with E-state index in [1.165, 1.54) is 12.1 Å². The van der Waals surface area contributed by atoms with Crippen molar-refractivity contribution >= 4 is 11.9 Å². The highest BCUT2D eigenvalue weighted by atomic mass is 79.9. The van der Waals surface area contributed by atoms with E-state index in [1.807, 2.05) is 29.1 Å². The third-order valence-corrected chi connectivity index (χ3v) is 4.98. The lowest BCUT2D eigenvalue weighted by Crippen LogP contribution is -3.00. The average Bonchev–Trinajstić information content (AvgIpc) is 2.77. The molecule has 0 spiro atoms. The summed E-state index contributed by atoms with van der Waals surface area (Å²) in [6, 6.07) is 13.7. The quantitative estimate of drug-likeness (QED) is 0.398. The van der Waals surface area contributed by atoms with Crippen LogP contribution in [-0.2, 0) is 17.9 Å². The first-order valence-corrected chi connectivity index (χ1v) is 9.45. The maximum atomic E-state index is 13.0. The van der Waals surface area contributed by atoms with E-state index in [2.05, 4.69) is 0 Å². The van der Waals surface area contributed by atoms with Crippen LogP contribution in [-0.4, -0.2) is 20.0 Å². The Balaban J connectivity index is 0.00000272. The van der Waals surface area contributed by atoms with Gasteiger partial charge >= 0.3 is 0 Å². The number of carbonyl (C=O) groups is 1. The van der Waals surface area contributed by atoms with Gasteiger partial charge in [0.25, 0.3) is 0 Å². The fourth-order valence-electron chi connectivity index (χ4n) is 3.42. The molecule has 5 nitrogen and oxygen atoms in total. The molecule has 1 aliphatic rings. The Hall–Kier alpha value is -3.19. The van der Waals surface area contributed by atoms with E-state index in [4.69, 9.17) is 14.2 Å². The van der Waals surface area contributed by atoms with Crippen molar-refractivity contribution in [1.82, 2.24) is 0 Å². The first kappa shape index (κ1) is 22.5. The second-order valence-corrected chi connectivity index (χ2v) is 6.88. The highest BCUT2D eigenvalue weighted by Crippen LogP contribution is 2.37. The van der Waals surface area contributed by atoms with Gasteiger partial charge in [-0.1, -0.05) is 0 Å². The molecule has 1 aromatic heterocycles. The monoisotopic (exact) mass is 485 g/mol.